The van der Waals surface area contributed by atoms with Crippen molar-refractivity contribution >= 4 is 11.8 Å². The lowest BCUT2D eigenvalue weighted by atomic mass is 10.1. The fourth-order valence-electron chi connectivity index (χ4n) is 3.02. The summed E-state index contributed by atoms with van der Waals surface area (Å²) in [5.74, 6) is 0.183. The number of hydrogen-bond donors (Lipinski definition) is 2. The molecular weight excluding hydrogens is 392 g/mol. The summed E-state index contributed by atoms with van der Waals surface area (Å²) in [6, 6.07) is 14.6. The Morgan fingerprint density at radius 2 is 1.84 bits per heavy atom. The van der Waals surface area contributed by atoms with Gasteiger partial charge in [-0.25, -0.2) is 4.98 Å². The van der Waals surface area contributed by atoms with Crippen LogP contribution in [-0.2, 0) is 4.79 Å². The topological polar surface area (TPSA) is 85.2 Å². The van der Waals surface area contributed by atoms with Crippen LogP contribution >= 0.6 is 0 Å². The minimum absolute atomic E-state index is 0.0922. The second-order valence-electron chi connectivity index (χ2n) is 7.26. The highest BCUT2D eigenvalue weighted by molar-refractivity contribution is 5.96. The zero-order valence-electron chi connectivity index (χ0n) is 17.9. The van der Waals surface area contributed by atoms with Gasteiger partial charge in [0.15, 0.2) is 0 Å². The molecule has 162 valence electrons. The standard InChI is InChI=1S/C24H28N4O3/c1-3-4-15-31-22-11-7-20(8-12-22)24(30)26-16-23(29)27-18(2)19-5-9-21(10-6-19)28-14-13-25-17-28/h5-14,17-18H,3-4,15-16H2,1-2H3,(H,26,30)(H,27,29). The maximum Gasteiger partial charge on any atom is 0.251 e. The molecule has 1 atom stereocenters. The monoisotopic (exact) mass is 420 g/mol. The number of amides is 2. The third-order valence-electron chi connectivity index (χ3n) is 4.87. The summed E-state index contributed by atoms with van der Waals surface area (Å²) in [4.78, 5) is 28.6. The summed E-state index contributed by atoms with van der Waals surface area (Å²) in [5.41, 5.74) is 2.45. The van der Waals surface area contributed by atoms with Crippen LogP contribution in [0.15, 0.2) is 67.3 Å². The Hall–Kier alpha value is -3.61. The van der Waals surface area contributed by atoms with Crippen molar-refractivity contribution < 1.29 is 14.3 Å². The van der Waals surface area contributed by atoms with Crippen molar-refractivity contribution in [1.82, 2.24) is 20.2 Å². The van der Waals surface area contributed by atoms with Crippen LogP contribution in [0.3, 0.4) is 0 Å². The molecule has 1 heterocycles. The number of aromatic nitrogens is 2. The summed E-state index contributed by atoms with van der Waals surface area (Å²) in [6.07, 6.45) is 7.38. The smallest absolute Gasteiger partial charge is 0.251 e. The van der Waals surface area contributed by atoms with E-state index in [0.717, 1.165) is 29.8 Å². The summed E-state index contributed by atoms with van der Waals surface area (Å²) in [7, 11) is 0. The van der Waals surface area contributed by atoms with Crippen LogP contribution in [0.4, 0.5) is 0 Å². The Kier molecular flexibility index (Phi) is 7.81. The van der Waals surface area contributed by atoms with E-state index >= 15 is 0 Å². The Balaban J connectivity index is 1.45. The van der Waals surface area contributed by atoms with Gasteiger partial charge in [0, 0.05) is 23.6 Å². The quantitative estimate of drug-likeness (QED) is 0.490. The van der Waals surface area contributed by atoms with Crippen LogP contribution in [0.5, 0.6) is 5.75 Å². The molecule has 1 unspecified atom stereocenters. The number of benzene rings is 2. The van der Waals surface area contributed by atoms with Gasteiger partial charge in [-0.3, -0.25) is 9.59 Å². The first-order valence-electron chi connectivity index (χ1n) is 10.5. The van der Waals surface area contributed by atoms with Gasteiger partial charge < -0.3 is 19.9 Å². The fraction of sp³-hybridized carbons (Fsp3) is 0.292. The van der Waals surface area contributed by atoms with E-state index in [1.54, 1.807) is 36.8 Å². The molecule has 3 aromatic rings. The third-order valence-corrected chi connectivity index (χ3v) is 4.87. The predicted molar refractivity (Wildman–Crippen MR) is 119 cm³/mol. The molecular formula is C24H28N4O3. The molecule has 1 aromatic heterocycles. The van der Waals surface area contributed by atoms with Gasteiger partial charge in [0.05, 0.1) is 25.5 Å². The van der Waals surface area contributed by atoms with Crippen molar-refractivity contribution in [3.8, 4) is 11.4 Å². The van der Waals surface area contributed by atoms with Crippen LogP contribution in [0.25, 0.3) is 5.69 Å². The number of hydrogen-bond acceptors (Lipinski definition) is 4. The van der Waals surface area contributed by atoms with E-state index in [-0.39, 0.29) is 24.4 Å². The summed E-state index contributed by atoms with van der Waals surface area (Å²) >= 11 is 0. The number of imidazole rings is 1. The highest BCUT2D eigenvalue weighted by Gasteiger charge is 2.12. The molecule has 2 amide bonds. The highest BCUT2D eigenvalue weighted by Crippen LogP contribution is 2.16. The zero-order chi connectivity index (χ0) is 22.1. The minimum Gasteiger partial charge on any atom is -0.494 e. The first-order chi connectivity index (χ1) is 15.1. The fourth-order valence-corrected chi connectivity index (χ4v) is 3.02. The highest BCUT2D eigenvalue weighted by atomic mass is 16.5. The van der Waals surface area contributed by atoms with Gasteiger partial charge >= 0.3 is 0 Å². The van der Waals surface area contributed by atoms with Gasteiger partial charge in [0.2, 0.25) is 5.91 Å². The van der Waals surface area contributed by atoms with E-state index in [1.165, 1.54) is 0 Å². The summed E-state index contributed by atoms with van der Waals surface area (Å²) in [5, 5.41) is 5.56. The molecule has 0 saturated carbocycles. The third kappa shape index (κ3) is 6.44. The molecule has 0 saturated heterocycles. The van der Waals surface area contributed by atoms with E-state index < -0.39 is 0 Å². The molecule has 7 heteroatoms. The van der Waals surface area contributed by atoms with Gasteiger partial charge in [0.25, 0.3) is 5.91 Å². The van der Waals surface area contributed by atoms with E-state index in [1.807, 2.05) is 42.0 Å². The number of carbonyl (C=O) groups is 2. The number of nitrogens with one attached hydrogen (secondary N) is 2. The summed E-state index contributed by atoms with van der Waals surface area (Å²) in [6.45, 7) is 4.58. The number of unbranched alkanes of at least 4 members (excludes halogenated alkanes) is 1. The van der Waals surface area contributed by atoms with Crippen LogP contribution in [0, 0.1) is 0 Å². The van der Waals surface area contributed by atoms with Crippen molar-refractivity contribution in [2.75, 3.05) is 13.2 Å². The average Bonchev–Trinajstić information content (AvgIpc) is 3.33. The van der Waals surface area contributed by atoms with Crippen molar-refractivity contribution in [3.63, 3.8) is 0 Å². The second-order valence-corrected chi connectivity index (χ2v) is 7.26. The number of carbonyl (C=O) groups excluding carboxylic acids is 2. The van der Waals surface area contributed by atoms with Gasteiger partial charge in [-0.2, -0.15) is 0 Å². The molecule has 0 aliphatic carbocycles. The number of rotatable bonds is 10. The van der Waals surface area contributed by atoms with E-state index in [4.69, 9.17) is 4.74 Å². The number of ether oxygens (including phenoxy) is 1. The van der Waals surface area contributed by atoms with Crippen LogP contribution in [0.2, 0.25) is 0 Å². The maximum absolute atomic E-state index is 12.3. The van der Waals surface area contributed by atoms with Crippen molar-refractivity contribution in [1.29, 1.82) is 0 Å². The molecule has 0 spiro atoms. The van der Waals surface area contributed by atoms with Gasteiger partial charge in [0.1, 0.15) is 5.75 Å². The van der Waals surface area contributed by atoms with Crippen molar-refractivity contribution in [3.05, 3.63) is 78.4 Å². The second kappa shape index (κ2) is 11.0. The van der Waals surface area contributed by atoms with Crippen molar-refractivity contribution in [2.24, 2.45) is 0 Å². The van der Waals surface area contributed by atoms with Crippen molar-refractivity contribution in [2.45, 2.75) is 32.7 Å². The molecule has 2 aromatic carbocycles. The lowest BCUT2D eigenvalue weighted by Crippen LogP contribution is -2.38. The Bertz CT molecular complexity index is 967. The lowest BCUT2D eigenvalue weighted by Gasteiger charge is -2.15. The molecule has 0 aliphatic heterocycles. The predicted octanol–water partition coefficient (Wildman–Crippen LogP) is 3.66. The average molecular weight is 421 g/mol. The first kappa shape index (κ1) is 22.1. The Morgan fingerprint density at radius 3 is 2.48 bits per heavy atom. The Labute approximate surface area is 182 Å². The van der Waals surface area contributed by atoms with Crippen LogP contribution in [-0.4, -0.2) is 34.5 Å². The minimum atomic E-state index is -0.299. The van der Waals surface area contributed by atoms with Gasteiger partial charge in [-0.05, 0) is 55.3 Å². The molecule has 2 N–H and O–H groups in total. The molecule has 0 fully saturated rings. The molecule has 31 heavy (non-hydrogen) atoms. The molecule has 3 rings (SSSR count). The molecule has 7 nitrogen and oxygen atoms in total. The molecule has 0 radical (unpaired) electrons. The Morgan fingerprint density at radius 1 is 1.10 bits per heavy atom. The summed E-state index contributed by atoms with van der Waals surface area (Å²) < 4.78 is 7.50. The SMILES string of the molecule is CCCCOc1ccc(C(=O)NCC(=O)NC(C)c2ccc(-n3ccnc3)cc2)cc1. The normalized spacial score (nSPS) is 11.5. The molecule has 0 aliphatic rings. The van der Waals surface area contributed by atoms with Crippen LogP contribution in [0.1, 0.15) is 48.7 Å². The van der Waals surface area contributed by atoms with Gasteiger partial charge in [-0.1, -0.05) is 25.5 Å². The lowest BCUT2D eigenvalue weighted by molar-refractivity contribution is -0.120. The van der Waals surface area contributed by atoms with Crippen LogP contribution < -0.4 is 15.4 Å². The largest absolute Gasteiger partial charge is 0.494 e. The van der Waals surface area contributed by atoms with E-state index in [0.29, 0.717) is 12.2 Å². The first-order valence-corrected chi connectivity index (χ1v) is 10.5. The van der Waals surface area contributed by atoms with Gasteiger partial charge in [-0.15, -0.1) is 0 Å². The number of nitrogens with zero attached hydrogens (tertiary/aromatic N) is 2. The van der Waals surface area contributed by atoms with E-state index in [2.05, 4.69) is 22.5 Å². The zero-order valence-corrected chi connectivity index (χ0v) is 17.9. The maximum atomic E-state index is 12.3. The molecule has 0 bridgehead atoms. The van der Waals surface area contributed by atoms with E-state index in [9.17, 15) is 9.59 Å².